The van der Waals surface area contributed by atoms with Crippen molar-refractivity contribution < 1.29 is 9.53 Å². The van der Waals surface area contributed by atoms with Crippen LogP contribution >= 0.6 is 0 Å². The fraction of sp³-hybridized carbons (Fsp3) is 0.214. The van der Waals surface area contributed by atoms with E-state index in [1.165, 1.54) is 0 Å². The lowest BCUT2D eigenvalue weighted by molar-refractivity contribution is -0.133. The smallest absolute Gasteiger partial charge is 0.289 e. The van der Waals surface area contributed by atoms with Gasteiger partial charge in [0.05, 0.1) is 0 Å². The van der Waals surface area contributed by atoms with Crippen molar-refractivity contribution in [3.63, 3.8) is 0 Å². The van der Waals surface area contributed by atoms with E-state index >= 15 is 0 Å². The SMILES string of the molecule is CC1(C)Oc2cc(N)ccc2N(n2cccc2)C1=O. The second-order valence-corrected chi connectivity index (χ2v) is 5.02. The van der Waals surface area contributed by atoms with Crippen molar-refractivity contribution in [2.45, 2.75) is 19.4 Å². The maximum atomic E-state index is 12.5. The summed E-state index contributed by atoms with van der Waals surface area (Å²) in [5.74, 6) is 0.485. The van der Waals surface area contributed by atoms with E-state index in [1.807, 2.05) is 24.5 Å². The summed E-state index contributed by atoms with van der Waals surface area (Å²) in [6.45, 7) is 3.50. The minimum absolute atomic E-state index is 0.124. The van der Waals surface area contributed by atoms with Crippen LogP contribution < -0.4 is 15.5 Å². The third-order valence-corrected chi connectivity index (χ3v) is 3.10. The highest BCUT2D eigenvalue weighted by Crippen LogP contribution is 2.39. The van der Waals surface area contributed by atoms with Gasteiger partial charge in [-0.25, -0.2) is 5.01 Å². The maximum Gasteiger partial charge on any atom is 0.289 e. The highest BCUT2D eigenvalue weighted by molar-refractivity contribution is 6.02. The van der Waals surface area contributed by atoms with Crippen LogP contribution in [0, 0.1) is 0 Å². The van der Waals surface area contributed by atoms with Gasteiger partial charge < -0.3 is 10.5 Å². The molecule has 5 heteroatoms. The van der Waals surface area contributed by atoms with E-state index in [2.05, 4.69) is 0 Å². The Morgan fingerprint density at radius 1 is 1.21 bits per heavy atom. The predicted octanol–water partition coefficient (Wildman–Crippen LogP) is 2.04. The van der Waals surface area contributed by atoms with Crippen molar-refractivity contribution >= 4 is 17.3 Å². The first-order valence-electron chi connectivity index (χ1n) is 6.05. The topological polar surface area (TPSA) is 60.5 Å². The predicted molar refractivity (Wildman–Crippen MR) is 72.9 cm³/mol. The molecular weight excluding hydrogens is 242 g/mol. The number of fused-ring (bicyclic) bond motifs is 1. The van der Waals surface area contributed by atoms with E-state index in [0.29, 0.717) is 17.1 Å². The quantitative estimate of drug-likeness (QED) is 0.795. The van der Waals surface area contributed by atoms with E-state index in [0.717, 1.165) is 0 Å². The van der Waals surface area contributed by atoms with Crippen LogP contribution in [-0.4, -0.2) is 16.2 Å². The number of benzene rings is 1. The summed E-state index contributed by atoms with van der Waals surface area (Å²) < 4.78 is 7.49. The van der Waals surface area contributed by atoms with Gasteiger partial charge in [0.15, 0.2) is 5.60 Å². The lowest BCUT2D eigenvalue weighted by Crippen LogP contribution is -2.54. The molecule has 0 saturated carbocycles. The van der Waals surface area contributed by atoms with Crippen LogP contribution in [0.25, 0.3) is 0 Å². The van der Waals surface area contributed by atoms with Gasteiger partial charge in [0.25, 0.3) is 5.91 Å². The molecule has 0 saturated heterocycles. The van der Waals surface area contributed by atoms with E-state index in [1.54, 1.807) is 41.7 Å². The van der Waals surface area contributed by atoms with Crippen LogP contribution in [-0.2, 0) is 4.79 Å². The molecular formula is C14H15N3O2. The van der Waals surface area contributed by atoms with Gasteiger partial charge in [-0.3, -0.25) is 9.47 Å². The average molecular weight is 257 g/mol. The molecule has 1 aromatic heterocycles. The Labute approximate surface area is 111 Å². The minimum atomic E-state index is -0.926. The average Bonchev–Trinajstić information content (AvgIpc) is 2.84. The zero-order chi connectivity index (χ0) is 13.6. The lowest BCUT2D eigenvalue weighted by Gasteiger charge is -2.38. The Morgan fingerprint density at radius 3 is 2.58 bits per heavy atom. The monoisotopic (exact) mass is 257 g/mol. The number of nitrogens with two attached hydrogens (primary N) is 1. The van der Waals surface area contributed by atoms with Crippen molar-refractivity contribution in [3.8, 4) is 5.75 Å². The highest BCUT2D eigenvalue weighted by Gasteiger charge is 2.41. The van der Waals surface area contributed by atoms with Crippen molar-refractivity contribution in [2.24, 2.45) is 0 Å². The first kappa shape index (κ1) is 11.6. The molecule has 3 rings (SSSR count). The number of carbonyl (C=O) groups is 1. The first-order valence-corrected chi connectivity index (χ1v) is 6.05. The number of aromatic nitrogens is 1. The summed E-state index contributed by atoms with van der Waals surface area (Å²) in [5, 5.41) is 1.60. The summed E-state index contributed by atoms with van der Waals surface area (Å²) in [7, 11) is 0. The van der Waals surface area contributed by atoms with Crippen molar-refractivity contribution in [1.29, 1.82) is 0 Å². The second-order valence-electron chi connectivity index (χ2n) is 5.02. The normalized spacial score (nSPS) is 16.9. The molecule has 0 bridgehead atoms. The molecule has 1 aliphatic rings. The van der Waals surface area contributed by atoms with Crippen molar-refractivity contribution in [1.82, 2.24) is 4.68 Å². The number of ether oxygens (including phenoxy) is 1. The number of nitrogens with zero attached hydrogens (tertiary/aromatic N) is 2. The molecule has 19 heavy (non-hydrogen) atoms. The molecule has 1 amide bonds. The Balaban J connectivity index is 2.20. The lowest BCUT2D eigenvalue weighted by atomic mass is 10.1. The van der Waals surface area contributed by atoms with Gasteiger partial charge in [-0.05, 0) is 38.1 Å². The van der Waals surface area contributed by atoms with Crippen LogP contribution in [0.3, 0.4) is 0 Å². The van der Waals surface area contributed by atoms with Crippen LogP contribution in [0.15, 0.2) is 42.7 Å². The van der Waals surface area contributed by atoms with E-state index in [-0.39, 0.29) is 5.91 Å². The molecule has 5 nitrogen and oxygen atoms in total. The number of amides is 1. The zero-order valence-corrected chi connectivity index (χ0v) is 10.8. The third kappa shape index (κ3) is 1.74. The summed E-state index contributed by atoms with van der Waals surface area (Å²) in [4.78, 5) is 12.5. The molecule has 2 aromatic rings. The fourth-order valence-electron chi connectivity index (χ4n) is 2.16. The Hall–Kier alpha value is -2.43. The van der Waals surface area contributed by atoms with Crippen molar-refractivity contribution in [3.05, 3.63) is 42.7 Å². The molecule has 0 radical (unpaired) electrons. The summed E-state index contributed by atoms with van der Waals surface area (Å²) in [6.07, 6.45) is 3.64. The van der Waals surface area contributed by atoms with E-state index in [4.69, 9.17) is 10.5 Å². The Morgan fingerprint density at radius 2 is 1.89 bits per heavy atom. The summed E-state index contributed by atoms with van der Waals surface area (Å²) in [6, 6.07) is 9.02. The summed E-state index contributed by atoms with van der Waals surface area (Å²) in [5.41, 5.74) is 6.15. The van der Waals surface area contributed by atoms with Crippen LogP contribution in [0.4, 0.5) is 11.4 Å². The largest absolute Gasteiger partial charge is 0.476 e. The number of nitrogen functional groups attached to an aromatic ring is 1. The molecule has 98 valence electrons. The molecule has 1 aromatic carbocycles. The number of hydrogen-bond donors (Lipinski definition) is 1. The van der Waals surface area contributed by atoms with Gasteiger partial charge in [0.1, 0.15) is 11.4 Å². The van der Waals surface area contributed by atoms with Gasteiger partial charge in [-0.2, -0.15) is 0 Å². The molecule has 0 spiro atoms. The third-order valence-electron chi connectivity index (χ3n) is 3.10. The van der Waals surface area contributed by atoms with Crippen LogP contribution in [0.1, 0.15) is 13.8 Å². The molecule has 0 atom stereocenters. The molecule has 2 heterocycles. The Kier molecular flexibility index (Phi) is 2.32. The van der Waals surface area contributed by atoms with Gasteiger partial charge in [-0.15, -0.1) is 0 Å². The van der Waals surface area contributed by atoms with E-state index in [9.17, 15) is 4.79 Å². The number of carbonyl (C=O) groups excluding carboxylic acids is 1. The molecule has 0 aliphatic carbocycles. The van der Waals surface area contributed by atoms with Crippen molar-refractivity contribution in [2.75, 3.05) is 10.7 Å². The molecule has 1 aliphatic heterocycles. The summed E-state index contributed by atoms with van der Waals surface area (Å²) >= 11 is 0. The van der Waals surface area contributed by atoms with Gasteiger partial charge >= 0.3 is 0 Å². The molecule has 0 unspecified atom stereocenters. The Bertz CT molecular complexity index is 632. The van der Waals surface area contributed by atoms with Crippen LogP contribution in [0.5, 0.6) is 5.75 Å². The second kappa shape index (κ2) is 3.78. The number of anilines is 2. The number of hydrogen-bond acceptors (Lipinski definition) is 3. The first-order chi connectivity index (χ1) is 8.99. The zero-order valence-electron chi connectivity index (χ0n) is 10.8. The molecule has 0 fully saturated rings. The number of rotatable bonds is 1. The van der Waals surface area contributed by atoms with Crippen LogP contribution in [0.2, 0.25) is 0 Å². The standard InChI is InChI=1S/C14H15N3O2/c1-14(2)13(18)17(16-7-3-4-8-16)11-6-5-10(15)9-12(11)19-14/h3-9H,15H2,1-2H3. The van der Waals surface area contributed by atoms with Gasteiger partial charge in [0.2, 0.25) is 0 Å². The molecule has 2 N–H and O–H groups in total. The maximum absolute atomic E-state index is 12.5. The van der Waals surface area contributed by atoms with Gasteiger partial charge in [0, 0.05) is 24.1 Å². The highest BCUT2D eigenvalue weighted by atomic mass is 16.5. The minimum Gasteiger partial charge on any atom is -0.476 e. The van der Waals surface area contributed by atoms with Gasteiger partial charge in [-0.1, -0.05) is 0 Å². The van der Waals surface area contributed by atoms with E-state index < -0.39 is 5.60 Å². The fourth-order valence-corrected chi connectivity index (χ4v) is 2.16.